The summed E-state index contributed by atoms with van der Waals surface area (Å²) in [5.41, 5.74) is 0. The van der Waals surface area contributed by atoms with E-state index < -0.39 is 10.0 Å². The quantitative estimate of drug-likeness (QED) is 0.655. The number of hydrogen-bond donors (Lipinski definition) is 1. The minimum atomic E-state index is -2.98. The molecule has 0 radical (unpaired) electrons. The highest BCUT2D eigenvalue weighted by molar-refractivity contribution is 7.88. The summed E-state index contributed by atoms with van der Waals surface area (Å²) < 4.78 is 24.2. The van der Waals surface area contributed by atoms with Crippen LogP contribution in [0.4, 0.5) is 0 Å². The Labute approximate surface area is 105 Å². The van der Waals surface area contributed by atoms with Gasteiger partial charge in [-0.25, -0.2) is 8.42 Å². The zero-order chi connectivity index (χ0) is 12.7. The van der Waals surface area contributed by atoms with E-state index in [1.54, 1.807) is 4.31 Å². The molecule has 6 heteroatoms. The SMILES string of the molecule is CNCCCCCN1CCN(S(C)(=O)=O)CC1. The van der Waals surface area contributed by atoms with Crippen molar-refractivity contribution in [2.75, 3.05) is 52.6 Å². The molecule has 1 aliphatic rings. The van der Waals surface area contributed by atoms with E-state index in [0.717, 1.165) is 26.2 Å². The highest BCUT2D eigenvalue weighted by atomic mass is 32.2. The van der Waals surface area contributed by atoms with Crippen molar-refractivity contribution in [3.63, 3.8) is 0 Å². The van der Waals surface area contributed by atoms with Crippen molar-refractivity contribution < 1.29 is 8.42 Å². The Morgan fingerprint density at radius 1 is 1.06 bits per heavy atom. The second-order valence-electron chi connectivity index (χ2n) is 4.67. The van der Waals surface area contributed by atoms with Crippen LogP contribution in [0, 0.1) is 0 Å². The smallest absolute Gasteiger partial charge is 0.211 e. The van der Waals surface area contributed by atoms with Crippen LogP contribution in [0.15, 0.2) is 0 Å². The highest BCUT2D eigenvalue weighted by Gasteiger charge is 2.22. The van der Waals surface area contributed by atoms with E-state index >= 15 is 0 Å². The van der Waals surface area contributed by atoms with Crippen LogP contribution in [0.25, 0.3) is 0 Å². The highest BCUT2D eigenvalue weighted by Crippen LogP contribution is 2.07. The summed E-state index contributed by atoms with van der Waals surface area (Å²) in [6.45, 7) is 5.23. The van der Waals surface area contributed by atoms with Crippen molar-refractivity contribution in [1.29, 1.82) is 0 Å². The lowest BCUT2D eigenvalue weighted by molar-refractivity contribution is 0.186. The van der Waals surface area contributed by atoms with Gasteiger partial charge in [-0.2, -0.15) is 4.31 Å². The van der Waals surface area contributed by atoms with Gasteiger partial charge in [0.2, 0.25) is 10.0 Å². The number of sulfonamides is 1. The average molecular weight is 263 g/mol. The lowest BCUT2D eigenvalue weighted by Gasteiger charge is -2.33. The molecular weight excluding hydrogens is 238 g/mol. The zero-order valence-corrected chi connectivity index (χ0v) is 11.8. The first-order valence-corrected chi connectivity index (χ1v) is 8.21. The fourth-order valence-corrected chi connectivity index (χ4v) is 2.93. The van der Waals surface area contributed by atoms with E-state index in [1.165, 1.54) is 25.5 Å². The van der Waals surface area contributed by atoms with Gasteiger partial charge in [0.15, 0.2) is 0 Å². The largest absolute Gasteiger partial charge is 0.320 e. The maximum Gasteiger partial charge on any atom is 0.211 e. The Balaban J connectivity index is 2.11. The van der Waals surface area contributed by atoms with Gasteiger partial charge in [-0.1, -0.05) is 6.42 Å². The molecule has 1 aliphatic heterocycles. The molecule has 0 unspecified atom stereocenters. The molecule has 0 aromatic rings. The molecular formula is C11H25N3O2S. The summed E-state index contributed by atoms with van der Waals surface area (Å²) in [4.78, 5) is 2.36. The summed E-state index contributed by atoms with van der Waals surface area (Å²) in [6, 6.07) is 0. The van der Waals surface area contributed by atoms with E-state index in [-0.39, 0.29) is 0 Å². The minimum absolute atomic E-state index is 0.648. The molecule has 0 atom stereocenters. The van der Waals surface area contributed by atoms with E-state index in [2.05, 4.69) is 10.2 Å². The number of rotatable bonds is 7. The van der Waals surface area contributed by atoms with Gasteiger partial charge in [0.05, 0.1) is 6.26 Å². The third kappa shape index (κ3) is 5.81. The second-order valence-corrected chi connectivity index (χ2v) is 6.65. The minimum Gasteiger partial charge on any atom is -0.320 e. The Bertz CT molecular complexity index is 298. The van der Waals surface area contributed by atoms with Gasteiger partial charge in [0.1, 0.15) is 0 Å². The van der Waals surface area contributed by atoms with Crippen LogP contribution in [0.3, 0.4) is 0 Å². The number of hydrogen-bond acceptors (Lipinski definition) is 4. The van der Waals surface area contributed by atoms with Crippen molar-refractivity contribution in [2.45, 2.75) is 19.3 Å². The molecule has 0 aromatic heterocycles. The maximum atomic E-state index is 11.3. The van der Waals surface area contributed by atoms with E-state index in [0.29, 0.717) is 13.1 Å². The number of nitrogens with zero attached hydrogens (tertiary/aromatic N) is 2. The third-order valence-corrected chi connectivity index (χ3v) is 4.50. The van der Waals surface area contributed by atoms with Crippen LogP contribution in [-0.4, -0.2) is 70.2 Å². The van der Waals surface area contributed by atoms with Gasteiger partial charge in [0, 0.05) is 26.2 Å². The summed E-state index contributed by atoms with van der Waals surface area (Å²) in [5, 5.41) is 3.14. The normalized spacial score (nSPS) is 19.6. The lowest BCUT2D eigenvalue weighted by Crippen LogP contribution is -2.48. The molecule has 0 bridgehead atoms. The van der Waals surface area contributed by atoms with Crippen molar-refractivity contribution in [3.05, 3.63) is 0 Å². The van der Waals surface area contributed by atoms with E-state index in [4.69, 9.17) is 0 Å². The molecule has 0 saturated carbocycles. The van der Waals surface area contributed by atoms with Crippen molar-refractivity contribution in [2.24, 2.45) is 0 Å². The summed E-state index contributed by atoms with van der Waals surface area (Å²) in [7, 11) is -1.01. The van der Waals surface area contributed by atoms with Crippen LogP contribution < -0.4 is 5.32 Å². The Kier molecular flexibility index (Phi) is 6.40. The topological polar surface area (TPSA) is 52.6 Å². The van der Waals surface area contributed by atoms with Crippen molar-refractivity contribution in [1.82, 2.24) is 14.5 Å². The first-order valence-electron chi connectivity index (χ1n) is 6.36. The maximum absolute atomic E-state index is 11.3. The van der Waals surface area contributed by atoms with Crippen LogP contribution in [0.5, 0.6) is 0 Å². The van der Waals surface area contributed by atoms with Crippen LogP contribution >= 0.6 is 0 Å². The Hall–Kier alpha value is -0.170. The molecule has 1 rings (SSSR count). The summed E-state index contributed by atoms with van der Waals surface area (Å²) in [5.74, 6) is 0. The molecule has 1 heterocycles. The van der Waals surface area contributed by atoms with E-state index in [1.807, 2.05) is 7.05 Å². The molecule has 0 spiro atoms. The Morgan fingerprint density at radius 2 is 1.71 bits per heavy atom. The fourth-order valence-electron chi connectivity index (χ4n) is 2.10. The summed E-state index contributed by atoms with van der Waals surface area (Å²) in [6.07, 6.45) is 4.97. The van der Waals surface area contributed by atoms with Crippen molar-refractivity contribution >= 4 is 10.0 Å². The molecule has 0 aromatic carbocycles. The van der Waals surface area contributed by atoms with Crippen LogP contribution in [0.1, 0.15) is 19.3 Å². The van der Waals surface area contributed by atoms with Gasteiger partial charge < -0.3 is 10.2 Å². The lowest BCUT2D eigenvalue weighted by atomic mass is 10.2. The molecule has 1 N–H and O–H groups in total. The molecule has 1 fully saturated rings. The van der Waals surface area contributed by atoms with Gasteiger partial charge in [0.25, 0.3) is 0 Å². The number of unbranched alkanes of at least 4 members (excludes halogenated alkanes) is 2. The molecule has 102 valence electrons. The molecule has 1 saturated heterocycles. The van der Waals surface area contributed by atoms with E-state index in [9.17, 15) is 8.42 Å². The molecule has 0 amide bonds. The van der Waals surface area contributed by atoms with Crippen molar-refractivity contribution in [3.8, 4) is 0 Å². The predicted molar refractivity (Wildman–Crippen MR) is 70.6 cm³/mol. The monoisotopic (exact) mass is 263 g/mol. The molecule has 5 nitrogen and oxygen atoms in total. The number of piperazine rings is 1. The number of nitrogens with one attached hydrogen (secondary N) is 1. The molecule has 17 heavy (non-hydrogen) atoms. The van der Waals surface area contributed by atoms with Crippen LogP contribution in [0.2, 0.25) is 0 Å². The second kappa shape index (κ2) is 7.31. The average Bonchev–Trinajstić information content (AvgIpc) is 2.28. The van der Waals surface area contributed by atoms with Gasteiger partial charge in [-0.05, 0) is 33.0 Å². The predicted octanol–water partition coefficient (Wildman–Crippen LogP) is -0.0467. The fraction of sp³-hybridized carbons (Fsp3) is 1.00. The van der Waals surface area contributed by atoms with Gasteiger partial charge in [-0.15, -0.1) is 0 Å². The van der Waals surface area contributed by atoms with Gasteiger partial charge >= 0.3 is 0 Å². The summed E-state index contributed by atoms with van der Waals surface area (Å²) >= 11 is 0. The molecule has 0 aliphatic carbocycles. The van der Waals surface area contributed by atoms with Gasteiger partial charge in [-0.3, -0.25) is 0 Å². The first-order chi connectivity index (χ1) is 8.04. The van der Waals surface area contributed by atoms with Crippen LogP contribution in [-0.2, 0) is 10.0 Å². The third-order valence-electron chi connectivity index (χ3n) is 3.20. The Morgan fingerprint density at radius 3 is 2.24 bits per heavy atom. The zero-order valence-electron chi connectivity index (χ0n) is 11.0. The first kappa shape index (κ1) is 14.9. The standard InChI is InChI=1S/C11H25N3O2S/c1-12-6-4-3-5-7-13-8-10-14(11-9-13)17(2,15)16/h12H,3-11H2,1-2H3.